The molecule has 26 heavy (non-hydrogen) atoms. The molecule has 0 spiro atoms. The zero-order valence-corrected chi connectivity index (χ0v) is 15.5. The van der Waals surface area contributed by atoms with Crippen LogP contribution >= 0.6 is 0 Å². The first-order valence-corrected chi connectivity index (χ1v) is 9.56. The van der Waals surface area contributed by atoms with Gasteiger partial charge in [0.25, 0.3) is 0 Å². The summed E-state index contributed by atoms with van der Waals surface area (Å²) in [5.74, 6) is 1.62. The van der Waals surface area contributed by atoms with E-state index in [0.29, 0.717) is 6.61 Å². The molecule has 0 aromatic heterocycles. The molecule has 0 bridgehead atoms. The number of fused-ring (bicyclic) bond motifs is 1. The quantitative estimate of drug-likeness (QED) is 0.480. The van der Waals surface area contributed by atoms with Crippen molar-refractivity contribution in [2.45, 2.75) is 39.0 Å². The second kappa shape index (κ2) is 7.33. The van der Waals surface area contributed by atoms with Crippen LogP contribution in [0.1, 0.15) is 48.8 Å². The third kappa shape index (κ3) is 3.12. The van der Waals surface area contributed by atoms with Gasteiger partial charge in [-0.05, 0) is 66.6 Å². The molecule has 0 N–H and O–H groups in total. The van der Waals surface area contributed by atoms with Crippen LogP contribution in [0.25, 0.3) is 10.8 Å². The maximum atomic E-state index is 5.86. The maximum Gasteiger partial charge on any atom is 0.128 e. The van der Waals surface area contributed by atoms with Gasteiger partial charge in [0.15, 0.2) is 0 Å². The van der Waals surface area contributed by atoms with Crippen LogP contribution < -0.4 is 4.74 Å². The highest BCUT2D eigenvalue weighted by Crippen LogP contribution is 2.40. The molecule has 0 heterocycles. The third-order valence-electron chi connectivity index (χ3n) is 5.46. The molecule has 0 unspecified atom stereocenters. The van der Waals surface area contributed by atoms with Gasteiger partial charge in [0, 0.05) is 11.8 Å². The van der Waals surface area contributed by atoms with Crippen LogP contribution in [-0.2, 0) is 0 Å². The van der Waals surface area contributed by atoms with Gasteiger partial charge < -0.3 is 4.74 Å². The van der Waals surface area contributed by atoms with Gasteiger partial charge in [-0.25, -0.2) is 0 Å². The summed E-state index contributed by atoms with van der Waals surface area (Å²) in [6, 6.07) is 19.1. The molecule has 0 atom stereocenters. The van der Waals surface area contributed by atoms with Crippen LogP contribution in [0.15, 0.2) is 59.6 Å². The van der Waals surface area contributed by atoms with E-state index >= 15 is 0 Å². The first kappa shape index (κ1) is 16.8. The van der Waals surface area contributed by atoms with E-state index in [9.17, 15) is 0 Å². The van der Waals surface area contributed by atoms with E-state index in [1.807, 2.05) is 19.2 Å². The van der Waals surface area contributed by atoms with Gasteiger partial charge in [0.05, 0.1) is 12.3 Å². The summed E-state index contributed by atoms with van der Waals surface area (Å²) in [6.07, 6.45) is 5.95. The molecule has 2 nitrogen and oxygen atoms in total. The summed E-state index contributed by atoms with van der Waals surface area (Å²) in [5, 5.41) is 2.38. The lowest BCUT2D eigenvalue weighted by molar-refractivity contribution is 0.340. The zero-order chi connectivity index (χ0) is 17.9. The number of rotatable bonds is 5. The van der Waals surface area contributed by atoms with Gasteiger partial charge in [-0.15, -0.1) is 0 Å². The molecule has 132 valence electrons. The van der Waals surface area contributed by atoms with Crippen molar-refractivity contribution in [2.75, 3.05) is 6.61 Å². The lowest BCUT2D eigenvalue weighted by Crippen LogP contribution is -2.10. The molecule has 4 rings (SSSR count). The smallest absolute Gasteiger partial charge is 0.128 e. The van der Waals surface area contributed by atoms with Crippen LogP contribution in [-0.4, -0.2) is 12.8 Å². The minimum atomic E-state index is 0.648. The van der Waals surface area contributed by atoms with Crippen molar-refractivity contribution >= 4 is 22.7 Å². The van der Waals surface area contributed by atoms with Crippen LogP contribution in [0.3, 0.4) is 0 Å². The number of nitrogens with zero attached hydrogens (tertiary/aromatic N) is 1. The van der Waals surface area contributed by atoms with E-state index in [4.69, 9.17) is 9.73 Å². The molecule has 0 amide bonds. The SMILES string of the molecule is CCOc1ccc2ccccc2c1C=Nc1cccc(C2CCC2)c1C. The Hall–Kier alpha value is -2.61. The van der Waals surface area contributed by atoms with Gasteiger partial charge in [0.1, 0.15) is 5.75 Å². The van der Waals surface area contributed by atoms with Crippen molar-refractivity contribution in [1.82, 2.24) is 0 Å². The summed E-state index contributed by atoms with van der Waals surface area (Å²) < 4.78 is 5.86. The predicted octanol–water partition coefficient (Wildman–Crippen LogP) is 6.57. The number of benzene rings is 3. The Morgan fingerprint density at radius 3 is 2.65 bits per heavy atom. The van der Waals surface area contributed by atoms with Crippen LogP contribution in [0, 0.1) is 6.92 Å². The van der Waals surface area contributed by atoms with E-state index in [2.05, 4.69) is 55.5 Å². The topological polar surface area (TPSA) is 21.6 Å². The van der Waals surface area contributed by atoms with E-state index in [-0.39, 0.29) is 0 Å². The molecule has 3 aromatic rings. The van der Waals surface area contributed by atoms with Crippen molar-refractivity contribution in [3.05, 3.63) is 71.3 Å². The summed E-state index contributed by atoms with van der Waals surface area (Å²) in [5.41, 5.74) is 4.89. The minimum absolute atomic E-state index is 0.648. The zero-order valence-electron chi connectivity index (χ0n) is 15.5. The first-order chi connectivity index (χ1) is 12.8. The highest BCUT2D eigenvalue weighted by molar-refractivity contribution is 6.03. The van der Waals surface area contributed by atoms with Crippen molar-refractivity contribution in [3.63, 3.8) is 0 Å². The van der Waals surface area contributed by atoms with Crippen molar-refractivity contribution in [1.29, 1.82) is 0 Å². The van der Waals surface area contributed by atoms with Crippen LogP contribution in [0.2, 0.25) is 0 Å². The molecule has 1 aliphatic carbocycles. The van der Waals surface area contributed by atoms with Gasteiger partial charge >= 0.3 is 0 Å². The largest absolute Gasteiger partial charge is 0.493 e. The summed E-state index contributed by atoms with van der Waals surface area (Å²) >= 11 is 0. The molecular weight excluding hydrogens is 318 g/mol. The minimum Gasteiger partial charge on any atom is -0.493 e. The lowest BCUT2D eigenvalue weighted by atomic mass is 9.78. The van der Waals surface area contributed by atoms with Gasteiger partial charge in [0.2, 0.25) is 0 Å². The van der Waals surface area contributed by atoms with Crippen LogP contribution in [0.4, 0.5) is 5.69 Å². The summed E-state index contributed by atoms with van der Waals surface area (Å²) in [7, 11) is 0. The van der Waals surface area contributed by atoms with Gasteiger partial charge in [-0.3, -0.25) is 4.99 Å². The fourth-order valence-corrected chi connectivity index (χ4v) is 3.77. The predicted molar refractivity (Wildman–Crippen MR) is 110 cm³/mol. The molecule has 1 saturated carbocycles. The molecule has 0 radical (unpaired) electrons. The Morgan fingerprint density at radius 1 is 1.04 bits per heavy atom. The molecule has 2 heteroatoms. The third-order valence-corrected chi connectivity index (χ3v) is 5.46. The number of aliphatic imine (C=N–C) groups is 1. The normalized spacial score (nSPS) is 14.7. The Balaban J connectivity index is 1.76. The second-order valence-corrected chi connectivity index (χ2v) is 7.01. The Kier molecular flexibility index (Phi) is 4.75. The van der Waals surface area contributed by atoms with E-state index in [1.165, 1.54) is 41.2 Å². The molecule has 3 aromatic carbocycles. The molecule has 1 aliphatic rings. The highest BCUT2D eigenvalue weighted by Gasteiger charge is 2.21. The Bertz CT molecular complexity index is 954. The fraction of sp³-hybridized carbons (Fsp3) is 0.292. The van der Waals surface area contributed by atoms with Crippen molar-refractivity contribution in [3.8, 4) is 5.75 Å². The molecular formula is C24H25NO. The van der Waals surface area contributed by atoms with Crippen molar-refractivity contribution in [2.24, 2.45) is 4.99 Å². The van der Waals surface area contributed by atoms with Crippen molar-refractivity contribution < 1.29 is 4.74 Å². The number of ether oxygens (including phenoxy) is 1. The van der Waals surface area contributed by atoms with E-state index < -0.39 is 0 Å². The lowest BCUT2D eigenvalue weighted by Gasteiger charge is -2.27. The fourth-order valence-electron chi connectivity index (χ4n) is 3.77. The molecule has 0 saturated heterocycles. The van der Waals surface area contributed by atoms with Gasteiger partial charge in [-0.1, -0.05) is 48.9 Å². The summed E-state index contributed by atoms with van der Waals surface area (Å²) in [4.78, 5) is 4.87. The number of hydrogen-bond donors (Lipinski definition) is 0. The average Bonchev–Trinajstić information content (AvgIpc) is 2.62. The second-order valence-electron chi connectivity index (χ2n) is 7.01. The number of hydrogen-bond acceptors (Lipinski definition) is 2. The maximum absolute atomic E-state index is 5.86. The first-order valence-electron chi connectivity index (χ1n) is 9.56. The Labute approximate surface area is 155 Å². The monoisotopic (exact) mass is 343 g/mol. The summed E-state index contributed by atoms with van der Waals surface area (Å²) in [6.45, 7) is 4.87. The van der Waals surface area contributed by atoms with E-state index in [0.717, 1.165) is 22.9 Å². The standard InChI is InChI=1S/C24H25NO/c1-3-26-24-15-14-19-8-4-5-11-21(19)22(24)16-25-23-13-7-12-20(17(23)2)18-9-6-10-18/h4-5,7-8,11-16,18H,3,6,9-10H2,1-2H3. The van der Waals surface area contributed by atoms with Crippen LogP contribution in [0.5, 0.6) is 5.75 Å². The Morgan fingerprint density at radius 2 is 1.88 bits per heavy atom. The van der Waals surface area contributed by atoms with Gasteiger partial charge in [-0.2, -0.15) is 0 Å². The van der Waals surface area contributed by atoms with E-state index in [1.54, 1.807) is 0 Å². The highest BCUT2D eigenvalue weighted by atomic mass is 16.5. The molecule has 0 aliphatic heterocycles. The molecule has 1 fully saturated rings. The average molecular weight is 343 g/mol.